The van der Waals surface area contributed by atoms with Gasteiger partial charge in [-0.2, -0.15) is 5.10 Å². The fourth-order valence-corrected chi connectivity index (χ4v) is 3.97. The summed E-state index contributed by atoms with van der Waals surface area (Å²) in [6.07, 6.45) is 1.60. The van der Waals surface area contributed by atoms with Crippen LogP contribution in [0.2, 0.25) is 0 Å². The number of aromatic nitrogens is 3. The highest BCUT2D eigenvalue weighted by Gasteiger charge is 2.17. The highest BCUT2D eigenvalue weighted by atomic mass is 32.2. The molecule has 7 nitrogen and oxygen atoms in total. The van der Waals surface area contributed by atoms with Gasteiger partial charge in [0, 0.05) is 12.1 Å². The van der Waals surface area contributed by atoms with Gasteiger partial charge in [-0.05, 0) is 54.7 Å². The molecule has 3 aromatic rings. The molecule has 2 aromatic carbocycles. The van der Waals surface area contributed by atoms with Crippen molar-refractivity contribution in [2.24, 2.45) is 5.10 Å². The van der Waals surface area contributed by atoms with E-state index in [2.05, 4.69) is 65.8 Å². The molecule has 0 aliphatic heterocycles. The molecule has 0 spiro atoms. The summed E-state index contributed by atoms with van der Waals surface area (Å²) < 4.78 is 7.44. The van der Waals surface area contributed by atoms with Crippen molar-refractivity contribution in [3.63, 3.8) is 0 Å². The number of hydrogen-bond acceptors (Lipinski definition) is 6. The Morgan fingerprint density at radius 2 is 1.79 bits per heavy atom. The van der Waals surface area contributed by atoms with E-state index in [1.54, 1.807) is 6.21 Å². The van der Waals surface area contributed by atoms with Crippen LogP contribution in [0.1, 0.15) is 45.7 Å². The second-order valence-corrected chi connectivity index (χ2v) is 9.40. The predicted octanol–water partition coefficient (Wildman–Crippen LogP) is 4.90. The number of nitrogens with one attached hydrogen (secondary N) is 1. The number of carbonyl (C=O) groups is 1. The third kappa shape index (κ3) is 6.68. The molecule has 0 radical (unpaired) electrons. The number of rotatable bonds is 9. The van der Waals surface area contributed by atoms with Crippen LogP contribution >= 0.6 is 11.8 Å². The third-order valence-corrected chi connectivity index (χ3v) is 5.94. The molecular weight excluding hydrogens is 434 g/mol. The summed E-state index contributed by atoms with van der Waals surface area (Å²) >= 11 is 1.34. The molecule has 0 fully saturated rings. The monoisotopic (exact) mass is 465 g/mol. The van der Waals surface area contributed by atoms with Gasteiger partial charge in [-0.15, -0.1) is 10.2 Å². The lowest BCUT2D eigenvalue weighted by atomic mass is 9.87. The molecule has 0 atom stereocenters. The van der Waals surface area contributed by atoms with Gasteiger partial charge in [0.2, 0.25) is 0 Å². The molecule has 0 unspecified atom stereocenters. The Kier molecular flexibility index (Phi) is 8.27. The second kappa shape index (κ2) is 11.1. The van der Waals surface area contributed by atoms with Gasteiger partial charge in [0.05, 0.1) is 18.6 Å². The van der Waals surface area contributed by atoms with E-state index < -0.39 is 0 Å². The summed E-state index contributed by atoms with van der Waals surface area (Å²) in [4.78, 5) is 12.2. The molecule has 1 amide bonds. The van der Waals surface area contributed by atoms with Gasteiger partial charge < -0.3 is 9.30 Å². The average Bonchev–Trinajstić information content (AvgIpc) is 3.21. The molecule has 1 N–H and O–H groups in total. The molecule has 0 saturated carbocycles. The van der Waals surface area contributed by atoms with Crippen molar-refractivity contribution >= 4 is 23.9 Å². The highest BCUT2D eigenvalue weighted by molar-refractivity contribution is 7.99. The van der Waals surface area contributed by atoms with Gasteiger partial charge >= 0.3 is 0 Å². The van der Waals surface area contributed by atoms with E-state index in [1.807, 2.05) is 42.7 Å². The van der Waals surface area contributed by atoms with Crippen molar-refractivity contribution in [2.75, 3.05) is 12.4 Å². The van der Waals surface area contributed by atoms with E-state index >= 15 is 0 Å². The van der Waals surface area contributed by atoms with Gasteiger partial charge in [-0.3, -0.25) is 4.79 Å². The van der Waals surface area contributed by atoms with Crippen molar-refractivity contribution < 1.29 is 9.53 Å². The summed E-state index contributed by atoms with van der Waals surface area (Å²) in [7, 11) is 0. The molecule has 33 heavy (non-hydrogen) atoms. The lowest BCUT2D eigenvalue weighted by molar-refractivity contribution is -0.118. The standard InChI is InChI=1S/C25H31N5O2S/c1-6-30-23(19-10-12-20(13-11-19)25(3,4)5)28-29-24(30)33-17-22(31)27-26-16-18-8-14-21(15-9-18)32-7-2/h8-16H,6-7,17H2,1-5H3,(H,27,31)/b26-16-. The number of amides is 1. The molecule has 3 rings (SSSR count). The van der Waals surface area contributed by atoms with Crippen molar-refractivity contribution in [2.45, 2.75) is 51.7 Å². The Hall–Kier alpha value is -3.13. The normalized spacial score (nSPS) is 11.7. The number of nitrogens with zero attached hydrogens (tertiary/aromatic N) is 4. The maximum atomic E-state index is 12.2. The minimum absolute atomic E-state index is 0.0980. The summed E-state index contributed by atoms with van der Waals surface area (Å²) in [5.74, 6) is 1.60. The maximum absolute atomic E-state index is 12.2. The Morgan fingerprint density at radius 1 is 1.09 bits per heavy atom. The molecule has 1 heterocycles. The first-order valence-corrected chi connectivity index (χ1v) is 12.0. The summed E-state index contributed by atoms with van der Waals surface area (Å²) in [6, 6.07) is 15.9. The van der Waals surface area contributed by atoms with Crippen LogP contribution in [0.15, 0.2) is 58.8 Å². The van der Waals surface area contributed by atoms with E-state index in [4.69, 9.17) is 4.74 Å². The quantitative estimate of drug-likeness (QED) is 0.276. The van der Waals surface area contributed by atoms with Crippen LogP contribution < -0.4 is 10.2 Å². The van der Waals surface area contributed by atoms with E-state index in [0.717, 1.165) is 22.7 Å². The average molecular weight is 466 g/mol. The minimum atomic E-state index is -0.205. The molecule has 1 aromatic heterocycles. The largest absolute Gasteiger partial charge is 0.494 e. The molecule has 174 valence electrons. The third-order valence-electron chi connectivity index (χ3n) is 4.97. The van der Waals surface area contributed by atoms with E-state index in [9.17, 15) is 4.79 Å². The summed E-state index contributed by atoms with van der Waals surface area (Å²) in [5, 5.41) is 13.4. The van der Waals surface area contributed by atoms with Gasteiger partial charge in [-0.25, -0.2) is 5.43 Å². The van der Waals surface area contributed by atoms with Crippen molar-refractivity contribution in [3.8, 4) is 17.1 Å². The van der Waals surface area contributed by atoms with E-state index in [1.165, 1.54) is 17.3 Å². The zero-order valence-electron chi connectivity index (χ0n) is 19.8. The molecule has 8 heteroatoms. The van der Waals surface area contributed by atoms with Crippen molar-refractivity contribution in [1.29, 1.82) is 0 Å². The fourth-order valence-electron chi connectivity index (χ4n) is 3.17. The Labute approximate surface area is 199 Å². The SMILES string of the molecule is CCOc1ccc(/C=N\NC(=O)CSc2nnc(-c3ccc(C(C)(C)C)cc3)n2CC)cc1. The predicted molar refractivity (Wildman–Crippen MR) is 134 cm³/mol. The van der Waals surface area contributed by atoms with Crippen LogP contribution in [-0.4, -0.2) is 39.2 Å². The van der Waals surface area contributed by atoms with Crippen LogP contribution in [0, 0.1) is 0 Å². The van der Waals surface area contributed by atoms with E-state index in [0.29, 0.717) is 18.3 Å². The molecule has 0 aliphatic carbocycles. The lowest BCUT2D eigenvalue weighted by Gasteiger charge is -2.19. The number of carbonyl (C=O) groups excluding carboxylic acids is 1. The number of hydrazone groups is 1. The van der Waals surface area contributed by atoms with Crippen LogP contribution in [0.4, 0.5) is 0 Å². The first-order chi connectivity index (χ1) is 15.8. The topological polar surface area (TPSA) is 81.4 Å². The summed E-state index contributed by atoms with van der Waals surface area (Å²) in [6.45, 7) is 11.9. The second-order valence-electron chi connectivity index (χ2n) is 8.46. The Bertz CT molecular complexity index is 1080. The Balaban J connectivity index is 1.58. The Morgan fingerprint density at radius 3 is 2.39 bits per heavy atom. The highest BCUT2D eigenvalue weighted by Crippen LogP contribution is 2.27. The zero-order chi connectivity index (χ0) is 23.8. The number of benzene rings is 2. The number of ether oxygens (including phenoxy) is 1. The molecule has 0 saturated heterocycles. The fraction of sp³-hybridized carbons (Fsp3) is 0.360. The number of thioether (sulfide) groups is 1. The van der Waals surface area contributed by atoms with Gasteiger partial charge in [0.15, 0.2) is 11.0 Å². The lowest BCUT2D eigenvalue weighted by Crippen LogP contribution is -2.20. The van der Waals surface area contributed by atoms with Gasteiger partial charge in [0.25, 0.3) is 5.91 Å². The van der Waals surface area contributed by atoms with Crippen LogP contribution in [0.25, 0.3) is 11.4 Å². The zero-order valence-corrected chi connectivity index (χ0v) is 20.6. The maximum Gasteiger partial charge on any atom is 0.250 e. The van der Waals surface area contributed by atoms with Crippen LogP contribution in [0.5, 0.6) is 5.75 Å². The van der Waals surface area contributed by atoms with Gasteiger partial charge in [-0.1, -0.05) is 56.8 Å². The van der Waals surface area contributed by atoms with Crippen molar-refractivity contribution in [3.05, 3.63) is 59.7 Å². The van der Waals surface area contributed by atoms with Gasteiger partial charge in [0.1, 0.15) is 5.75 Å². The summed E-state index contributed by atoms with van der Waals surface area (Å²) in [5.41, 5.74) is 5.81. The minimum Gasteiger partial charge on any atom is -0.494 e. The number of hydrogen-bond donors (Lipinski definition) is 1. The molecular formula is C25H31N5O2S. The van der Waals surface area contributed by atoms with E-state index in [-0.39, 0.29) is 17.1 Å². The molecule has 0 bridgehead atoms. The van der Waals surface area contributed by atoms with Crippen LogP contribution in [0.3, 0.4) is 0 Å². The molecule has 0 aliphatic rings. The van der Waals surface area contributed by atoms with Crippen LogP contribution in [-0.2, 0) is 16.8 Å². The smallest absolute Gasteiger partial charge is 0.250 e. The first kappa shape index (κ1) is 24.5. The first-order valence-electron chi connectivity index (χ1n) is 11.0. The van der Waals surface area contributed by atoms with Crippen molar-refractivity contribution in [1.82, 2.24) is 20.2 Å².